The average Bonchev–Trinajstić information content (AvgIpc) is 2.80. The van der Waals surface area contributed by atoms with Crippen LogP contribution >= 0.6 is 27.5 Å². The van der Waals surface area contributed by atoms with E-state index in [1.807, 2.05) is 72.8 Å². The highest BCUT2D eigenvalue weighted by atomic mass is 79.9. The van der Waals surface area contributed by atoms with Gasteiger partial charge in [-0.1, -0.05) is 63.9 Å². The standard InChI is InChI=1S/C25H17BrClN3O/c1-31-20-12-6-15(7-13-20)22-21(14-28)30-25(17-2-8-18(26)9-3-17)23(24(22)29)16-4-10-19(27)11-5-16/h2-13H,1H3,(H2,29,30). The van der Waals surface area contributed by atoms with E-state index in [-0.39, 0.29) is 5.69 Å². The molecule has 0 aliphatic rings. The number of benzene rings is 3. The van der Waals surface area contributed by atoms with E-state index >= 15 is 0 Å². The number of halogens is 2. The molecule has 0 radical (unpaired) electrons. The molecule has 152 valence electrons. The topological polar surface area (TPSA) is 71.9 Å². The summed E-state index contributed by atoms with van der Waals surface area (Å²) in [5.41, 5.74) is 12.0. The Hall–Kier alpha value is -3.33. The number of hydrogen-bond donors (Lipinski definition) is 1. The molecular weight excluding hydrogens is 474 g/mol. The van der Waals surface area contributed by atoms with Crippen molar-refractivity contribution < 1.29 is 4.74 Å². The van der Waals surface area contributed by atoms with Gasteiger partial charge in [-0.3, -0.25) is 0 Å². The molecular formula is C25H17BrClN3O. The summed E-state index contributed by atoms with van der Waals surface area (Å²) in [5, 5.41) is 10.5. The molecule has 31 heavy (non-hydrogen) atoms. The number of nitrogen functional groups attached to an aromatic ring is 1. The van der Waals surface area contributed by atoms with Crippen molar-refractivity contribution in [1.29, 1.82) is 5.26 Å². The summed E-state index contributed by atoms with van der Waals surface area (Å²) in [6.45, 7) is 0. The first-order valence-electron chi connectivity index (χ1n) is 9.41. The molecule has 0 amide bonds. The van der Waals surface area contributed by atoms with Crippen molar-refractivity contribution in [2.24, 2.45) is 0 Å². The van der Waals surface area contributed by atoms with Gasteiger partial charge in [-0.15, -0.1) is 0 Å². The predicted octanol–water partition coefficient (Wildman–Crippen LogP) is 6.96. The zero-order valence-corrected chi connectivity index (χ0v) is 18.9. The quantitative estimate of drug-likeness (QED) is 0.335. The number of anilines is 1. The first-order chi connectivity index (χ1) is 15.0. The van der Waals surface area contributed by atoms with Crippen molar-refractivity contribution >= 4 is 33.2 Å². The molecule has 6 heteroatoms. The van der Waals surface area contributed by atoms with Gasteiger partial charge >= 0.3 is 0 Å². The zero-order valence-electron chi connectivity index (χ0n) is 16.6. The van der Waals surface area contributed by atoms with Gasteiger partial charge in [0.2, 0.25) is 0 Å². The lowest BCUT2D eigenvalue weighted by Gasteiger charge is -2.18. The minimum atomic E-state index is 0.262. The van der Waals surface area contributed by atoms with Crippen LogP contribution in [0.4, 0.5) is 5.69 Å². The van der Waals surface area contributed by atoms with Crippen molar-refractivity contribution in [3.63, 3.8) is 0 Å². The predicted molar refractivity (Wildman–Crippen MR) is 129 cm³/mol. The largest absolute Gasteiger partial charge is 0.497 e. The van der Waals surface area contributed by atoms with Gasteiger partial charge in [-0.25, -0.2) is 4.98 Å². The van der Waals surface area contributed by atoms with Gasteiger partial charge < -0.3 is 10.5 Å². The fraction of sp³-hybridized carbons (Fsp3) is 0.0400. The van der Waals surface area contributed by atoms with E-state index in [0.29, 0.717) is 22.0 Å². The number of methoxy groups -OCH3 is 1. The maximum atomic E-state index is 9.90. The lowest BCUT2D eigenvalue weighted by molar-refractivity contribution is 0.415. The van der Waals surface area contributed by atoms with E-state index in [1.54, 1.807) is 7.11 Å². The van der Waals surface area contributed by atoms with Crippen molar-refractivity contribution in [2.45, 2.75) is 0 Å². The van der Waals surface area contributed by atoms with Gasteiger partial charge in [0.05, 0.1) is 18.5 Å². The third-order valence-corrected chi connectivity index (χ3v) is 5.75. The van der Waals surface area contributed by atoms with E-state index in [2.05, 4.69) is 22.0 Å². The minimum absolute atomic E-state index is 0.262. The van der Waals surface area contributed by atoms with Gasteiger partial charge in [-0.2, -0.15) is 5.26 Å². The van der Waals surface area contributed by atoms with Crippen LogP contribution in [0, 0.1) is 11.3 Å². The summed E-state index contributed by atoms with van der Waals surface area (Å²) in [5.74, 6) is 0.721. The Morgan fingerprint density at radius 2 is 1.42 bits per heavy atom. The lowest BCUT2D eigenvalue weighted by atomic mass is 9.91. The Morgan fingerprint density at radius 1 is 0.871 bits per heavy atom. The lowest BCUT2D eigenvalue weighted by Crippen LogP contribution is -2.03. The fourth-order valence-corrected chi connectivity index (χ4v) is 3.85. The molecule has 3 aromatic carbocycles. The molecule has 0 bridgehead atoms. The summed E-state index contributed by atoms with van der Waals surface area (Å²) in [7, 11) is 1.61. The molecule has 0 saturated heterocycles. The maximum Gasteiger partial charge on any atom is 0.151 e. The van der Waals surface area contributed by atoms with Crippen LogP contribution in [0.3, 0.4) is 0 Å². The van der Waals surface area contributed by atoms with Crippen LogP contribution in [0.5, 0.6) is 5.75 Å². The van der Waals surface area contributed by atoms with Crippen molar-refractivity contribution in [1.82, 2.24) is 4.98 Å². The number of nitrogens with two attached hydrogens (primary N) is 1. The van der Waals surface area contributed by atoms with Crippen LogP contribution in [-0.4, -0.2) is 12.1 Å². The third-order valence-electron chi connectivity index (χ3n) is 4.97. The molecule has 0 saturated carbocycles. The highest BCUT2D eigenvalue weighted by Gasteiger charge is 2.21. The van der Waals surface area contributed by atoms with Gasteiger partial charge in [0.25, 0.3) is 0 Å². The van der Waals surface area contributed by atoms with Crippen molar-refractivity contribution in [3.8, 4) is 45.3 Å². The number of ether oxygens (including phenoxy) is 1. The molecule has 0 fully saturated rings. The molecule has 1 aromatic heterocycles. The van der Waals surface area contributed by atoms with Crippen molar-refractivity contribution in [2.75, 3.05) is 12.8 Å². The molecule has 4 aromatic rings. The Bertz CT molecular complexity index is 1280. The number of aromatic nitrogens is 1. The second-order valence-electron chi connectivity index (χ2n) is 6.83. The second kappa shape index (κ2) is 8.81. The van der Waals surface area contributed by atoms with Gasteiger partial charge in [0.15, 0.2) is 5.69 Å². The molecule has 1 heterocycles. The van der Waals surface area contributed by atoms with Gasteiger partial charge in [0, 0.05) is 26.2 Å². The van der Waals surface area contributed by atoms with Gasteiger partial charge in [0.1, 0.15) is 11.8 Å². The smallest absolute Gasteiger partial charge is 0.151 e. The third kappa shape index (κ3) is 4.13. The summed E-state index contributed by atoms with van der Waals surface area (Å²) < 4.78 is 6.21. The molecule has 0 spiro atoms. The van der Waals surface area contributed by atoms with E-state index in [4.69, 9.17) is 27.1 Å². The highest BCUT2D eigenvalue weighted by Crippen LogP contribution is 2.42. The number of nitriles is 1. The number of rotatable bonds is 4. The zero-order chi connectivity index (χ0) is 22.0. The molecule has 4 nitrogen and oxygen atoms in total. The second-order valence-corrected chi connectivity index (χ2v) is 8.18. The average molecular weight is 491 g/mol. The van der Waals surface area contributed by atoms with Crippen LogP contribution in [0.2, 0.25) is 5.02 Å². The molecule has 0 unspecified atom stereocenters. The maximum absolute atomic E-state index is 9.90. The Labute approximate surface area is 194 Å². The summed E-state index contributed by atoms with van der Waals surface area (Å²) in [6.07, 6.45) is 0. The highest BCUT2D eigenvalue weighted by molar-refractivity contribution is 9.10. The van der Waals surface area contributed by atoms with Crippen LogP contribution in [0.25, 0.3) is 33.5 Å². The van der Waals surface area contributed by atoms with E-state index in [9.17, 15) is 5.26 Å². The number of hydrogen-bond acceptors (Lipinski definition) is 4. The molecule has 0 aliphatic heterocycles. The number of nitrogens with zero attached hydrogens (tertiary/aromatic N) is 2. The first-order valence-corrected chi connectivity index (χ1v) is 10.6. The summed E-state index contributed by atoms with van der Waals surface area (Å²) >= 11 is 9.57. The van der Waals surface area contributed by atoms with E-state index < -0.39 is 0 Å². The first kappa shape index (κ1) is 20.9. The van der Waals surface area contributed by atoms with E-state index in [1.165, 1.54) is 0 Å². The SMILES string of the molecule is COc1ccc(-c2c(C#N)nc(-c3ccc(Br)cc3)c(-c3ccc(Cl)cc3)c2N)cc1. The van der Waals surface area contributed by atoms with Crippen LogP contribution in [0.1, 0.15) is 5.69 Å². The minimum Gasteiger partial charge on any atom is -0.497 e. The fourth-order valence-electron chi connectivity index (χ4n) is 3.46. The Balaban J connectivity index is 2.04. The monoisotopic (exact) mass is 489 g/mol. The Kier molecular flexibility index (Phi) is 5.94. The molecule has 2 N–H and O–H groups in total. The summed E-state index contributed by atoms with van der Waals surface area (Å²) in [4.78, 5) is 4.75. The van der Waals surface area contributed by atoms with Crippen LogP contribution in [-0.2, 0) is 0 Å². The Morgan fingerprint density at radius 3 is 2.00 bits per heavy atom. The van der Waals surface area contributed by atoms with Crippen LogP contribution in [0.15, 0.2) is 77.3 Å². The normalized spacial score (nSPS) is 10.5. The number of pyridine rings is 1. The van der Waals surface area contributed by atoms with E-state index in [0.717, 1.165) is 32.5 Å². The van der Waals surface area contributed by atoms with Gasteiger partial charge in [-0.05, 0) is 47.5 Å². The molecule has 4 rings (SSSR count). The summed E-state index contributed by atoms with van der Waals surface area (Å²) in [6, 6.07) is 24.8. The molecule has 0 aliphatic carbocycles. The van der Waals surface area contributed by atoms with Crippen LogP contribution < -0.4 is 10.5 Å². The molecule has 0 atom stereocenters. The van der Waals surface area contributed by atoms with Crippen molar-refractivity contribution in [3.05, 3.63) is 88.0 Å².